The number of amidine groups is 1. The summed E-state index contributed by atoms with van der Waals surface area (Å²) in [6.07, 6.45) is 10.5. The van der Waals surface area contributed by atoms with E-state index >= 15 is 0 Å². The van der Waals surface area contributed by atoms with Gasteiger partial charge >= 0.3 is 0 Å². The number of hydrogen-bond acceptors (Lipinski definition) is 4. The second-order valence-electron chi connectivity index (χ2n) is 3.29. The van der Waals surface area contributed by atoms with Crippen LogP contribution in [-0.2, 0) is 0 Å². The molecule has 0 saturated heterocycles. The zero-order valence-corrected chi connectivity index (χ0v) is 7.31. The van der Waals surface area contributed by atoms with Crippen molar-refractivity contribution in [2.24, 2.45) is 11.0 Å². The molecule has 0 bridgehead atoms. The van der Waals surface area contributed by atoms with Crippen molar-refractivity contribution in [3.8, 4) is 0 Å². The van der Waals surface area contributed by atoms with E-state index in [2.05, 4.69) is 34.9 Å². The summed E-state index contributed by atoms with van der Waals surface area (Å²) >= 11 is 0. The van der Waals surface area contributed by atoms with Gasteiger partial charge in [-0.2, -0.15) is 0 Å². The molecule has 1 aliphatic carbocycles. The predicted molar refractivity (Wildman–Crippen MR) is 50.0 cm³/mol. The zero-order chi connectivity index (χ0) is 8.84. The van der Waals surface area contributed by atoms with Crippen molar-refractivity contribution in [3.63, 3.8) is 0 Å². The smallest absolute Gasteiger partial charge is 0.174 e. The van der Waals surface area contributed by atoms with E-state index in [1.54, 1.807) is 5.12 Å². The van der Waals surface area contributed by atoms with Crippen molar-refractivity contribution >= 4 is 5.84 Å². The van der Waals surface area contributed by atoms with Crippen LogP contribution in [0, 0.1) is 5.92 Å². The molecule has 3 aliphatic rings. The lowest BCUT2D eigenvalue weighted by atomic mass is 9.99. The lowest BCUT2D eigenvalue weighted by Gasteiger charge is -2.23. The molecule has 0 spiro atoms. The fourth-order valence-electron chi connectivity index (χ4n) is 1.78. The fourth-order valence-corrected chi connectivity index (χ4v) is 1.78. The lowest BCUT2D eigenvalue weighted by molar-refractivity contribution is 0.179. The maximum absolute atomic E-state index is 4.36. The summed E-state index contributed by atoms with van der Waals surface area (Å²) in [5.41, 5.74) is 4.34. The van der Waals surface area contributed by atoms with Crippen LogP contribution >= 0.6 is 0 Å². The van der Waals surface area contributed by atoms with Crippen LogP contribution in [0.4, 0.5) is 0 Å². The van der Waals surface area contributed by atoms with Crippen molar-refractivity contribution in [3.05, 3.63) is 36.1 Å². The molecule has 2 heterocycles. The van der Waals surface area contributed by atoms with E-state index in [-0.39, 0.29) is 0 Å². The molecule has 2 aliphatic heterocycles. The van der Waals surface area contributed by atoms with Gasteiger partial charge < -0.3 is 0 Å². The topological polar surface area (TPSA) is 30.9 Å². The van der Waals surface area contributed by atoms with Gasteiger partial charge in [-0.1, -0.05) is 24.3 Å². The molecule has 0 aromatic heterocycles. The van der Waals surface area contributed by atoms with E-state index in [1.165, 1.54) is 5.57 Å². The first-order valence-electron chi connectivity index (χ1n) is 4.29. The fraction of sp³-hybridized carbons (Fsp3) is 0.222. The van der Waals surface area contributed by atoms with Crippen molar-refractivity contribution < 1.29 is 0 Å². The van der Waals surface area contributed by atoms with Gasteiger partial charge in [0.15, 0.2) is 5.84 Å². The monoisotopic (exact) mass is 174 g/mol. The van der Waals surface area contributed by atoms with Gasteiger partial charge in [-0.05, 0) is 0 Å². The molecule has 66 valence electrons. The number of allylic oxidation sites excluding steroid dienone is 4. The molecule has 0 radical (unpaired) electrons. The summed E-state index contributed by atoms with van der Waals surface area (Å²) in [4.78, 5) is 0. The molecule has 13 heavy (non-hydrogen) atoms. The quantitative estimate of drug-likeness (QED) is 0.583. The minimum atomic E-state index is 0.420. The van der Waals surface area contributed by atoms with Gasteiger partial charge in [0.2, 0.25) is 0 Å². The highest BCUT2D eigenvalue weighted by molar-refractivity contribution is 6.02. The van der Waals surface area contributed by atoms with Crippen molar-refractivity contribution in [1.82, 2.24) is 15.7 Å². The summed E-state index contributed by atoms with van der Waals surface area (Å²) < 4.78 is 0. The number of hydrogen-bond donors (Lipinski definition) is 1. The predicted octanol–water partition coefficient (Wildman–Crippen LogP) is 0.607. The zero-order valence-electron chi connectivity index (χ0n) is 7.31. The Labute approximate surface area is 76.4 Å². The largest absolute Gasteiger partial charge is 0.246 e. The first-order chi connectivity index (χ1) is 6.34. The summed E-state index contributed by atoms with van der Waals surface area (Å²) in [6.45, 7) is 0. The lowest BCUT2D eigenvalue weighted by Crippen LogP contribution is -2.40. The van der Waals surface area contributed by atoms with Gasteiger partial charge in [0.1, 0.15) is 0 Å². The molecule has 0 amide bonds. The molecule has 4 heteroatoms. The Balaban J connectivity index is 2.07. The molecule has 3 rings (SSSR count). The Morgan fingerprint density at radius 3 is 3.31 bits per heavy atom. The maximum atomic E-state index is 4.36. The van der Waals surface area contributed by atoms with E-state index in [0.717, 1.165) is 5.84 Å². The average Bonchev–Trinajstić information content (AvgIpc) is 2.65. The Bertz CT molecular complexity index is 364. The molecule has 1 N–H and O–H groups in total. The second kappa shape index (κ2) is 2.23. The normalized spacial score (nSPS) is 28.8. The van der Waals surface area contributed by atoms with Gasteiger partial charge in [0.05, 0.1) is 0 Å². The highest BCUT2D eigenvalue weighted by atomic mass is 15.9. The molecule has 0 fully saturated rings. The molecule has 0 aromatic carbocycles. The molecule has 0 aromatic rings. The van der Waals surface area contributed by atoms with E-state index in [0.29, 0.717) is 5.92 Å². The third-order valence-electron chi connectivity index (χ3n) is 2.38. The molecular weight excluding hydrogens is 164 g/mol. The average molecular weight is 174 g/mol. The van der Waals surface area contributed by atoms with Gasteiger partial charge in [-0.3, -0.25) is 0 Å². The number of fused-ring (bicyclic) bond motifs is 3. The molecule has 1 atom stereocenters. The van der Waals surface area contributed by atoms with E-state index in [1.807, 2.05) is 18.3 Å². The molecule has 0 saturated carbocycles. The van der Waals surface area contributed by atoms with Gasteiger partial charge in [-0.25, -0.2) is 10.1 Å². The first-order valence-corrected chi connectivity index (χ1v) is 4.29. The SMILES string of the molecule is CN1N=C2C3=CC=CC3C=CN2N1. The molecule has 4 nitrogen and oxygen atoms in total. The van der Waals surface area contributed by atoms with Crippen LogP contribution in [0.1, 0.15) is 0 Å². The number of hydrazone groups is 1. The molecule has 1 unspecified atom stereocenters. The van der Waals surface area contributed by atoms with Crippen LogP contribution in [-0.4, -0.2) is 23.0 Å². The molecular formula is C9H10N4. The van der Waals surface area contributed by atoms with Crippen LogP contribution in [0.15, 0.2) is 41.2 Å². The van der Waals surface area contributed by atoms with Crippen LogP contribution in [0.5, 0.6) is 0 Å². The van der Waals surface area contributed by atoms with Gasteiger partial charge in [0, 0.05) is 24.7 Å². The minimum Gasteiger partial charge on any atom is -0.246 e. The number of nitrogens with one attached hydrogen (secondary N) is 1. The standard InChI is InChI=1S/C9H10N4/c1-12-10-9-8-4-2-3-7(8)5-6-13(9)11-12/h2-7,11H,1H3. The Morgan fingerprint density at radius 2 is 2.38 bits per heavy atom. The van der Waals surface area contributed by atoms with Crippen LogP contribution in [0.3, 0.4) is 0 Å². The highest BCUT2D eigenvalue weighted by Crippen LogP contribution is 2.28. The number of rotatable bonds is 0. The van der Waals surface area contributed by atoms with E-state index in [9.17, 15) is 0 Å². The van der Waals surface area contributed by atoms with Crippen LogP contribution in [0.25, 0.3) is 0 Å². The number of nitrogens with zero attached hydrogens (tertiary/aromatic N) is 3. The van der Waals surface area contributed by atoms with Crippen LogP contribution in [0.2, 0.25) is 0 Å². The van der Waals surface area contributed by atoms with Crippen molar-refractivity contribution in [2.45, 2.75) is 0 Å². The van der Waals surface area contributed by atoms with Gasteiger partial charge in [0.25, 0.3) is 0 Å². The second-order valence-corrected chi connectivity index (χ2v) is 3.29. The number of hydrazine groups is 2. The Kier molecular flexibility index (Phi) is 1.19. The Morgan fingerprint density at radius 1 is 1.46 bits per heavy atom. The van der Waals surface area contributed by atoms with Gasteiger partial charge in [-0.15, -0.1) is 10.6 Å². The Hall–Kier alpha value is -1.55. The van der Waals surface area contributed by atoms with E-state index in [4.69, 9.17) is 0 Å². The van der Waals surface area contributed by atoms with Crippen molar-refractivity contribution in [2.75, 3.05) is 7.05 Å². The third-order valence-corrected chi connectivity index (χ3v) is 2.38. The third kappa shape index (κ3) is 0.860. The van der Waals surface area contributed by atoms with E-state index < -0.39 is 0 Å². The minimum absolute atomic E-state index is 0.420. The maximum Gasteiger partial charge on any atom is 0.174 e. The van der Waals surface area contributed by atoms with Crippen molar-refractivity contribution in [1.29, 1.82) is 0 Å². The first kappa shape index (κ1) is 6.91. The summed E-state index contributed by atoms with van der Waals surface area (Å²) in [5.74, 6) is 1.42. The van der Waals surface area contributed by atoms with Crippen LogP contribution < -0.4 is 5.53 Å². The summed E-state index contributed by atoms with van der Waals surface area (Å²) in [5, 5.41) is 7.99. The summed E-state index contributed by atoms with van der Waals surface area (Å²) in [7, 11) is 1.89. The summed E-state index contributed by atoms with van der Waals surface area (Å²) in [6, 6.07) is 0. The highest BCUT2D eigenvalue weighted by Gasteiger charge is 2.30.